The van der Waals surface area contributed by atoms with Crippen molar-refractivity contribution in [2.75, 3.05) is 42.1 Å². The number of hydrogen-bond donors (Lipinski definition) is 1. The largest absolute Gasteiger partial charge is 0.336 e. The fraction of sp³-hybridized carbons (Fsp3) is 0.286. The molecular formula is C21H21N7O2S. The maximum atomic E-state index is 13.1. The van der Waals surface area contributed by atoms with Crippen molar-refractivity contribution in [3.63, 3.8) is 0 Å². The number of rotatable bonds is 3. The highest BCUT2D eigenvalue weighted by atomic mass is 32.2. The lowest BCUT2D eigenvalue weighted by molar-refractivity contribution is -0.115. The lowest BCUT2D eigenvalue weighted by Gasteiger charge is -2.35. The second-order valence-electron chi connectivity index (χ2n) is 7.36. The Hall–Kier alpha value is -3.40. The van der Waals surface area contributed by atoms with Gasteiger partial charge in [-0.3, -0.25) is 9.59 Å². The molecule has 1 aromatic heterocycles. The molecule has 1 saturated heterocycles. The van der Waals surface area contributed by atoms with Crippen molar-refractivity contribution >= 4 is 35.2 Å². The molecule has 0 atom stereocenters. The Morgan fingerprint density at radius 2 is 1.84 bits per heavy atom. The molecule has 5 rings (SSSR count). The summed E-state index contributed by atoms with van der Waals surface area (Å²) in [5.41, 5.74) is 2.20. The normalized spacial score (nSPS) is 16.5. The zero-order valence-corrected chi connectivity index (χ0v) is 17.6. The van der Waals surface area contributed by atoms with Crippen LogP contribution >= 0.6 is 11.8 Å². The summed E-state index contributed by atoms with van der Waals surface area (Å²) in [6.07, 6.45) is 0.479. The number of nitrogens with zero attached hydrogens (tertiary/aromatic N) is 6. The standard InChI is InChI=1S/C21H21N7O2S/c29-19-8-13-31-18-7-6-15(14-17(18)22-19)20(30)26-9-11-27(12-10-26)21-23-24-25-28(21)16-4-2-1-3-5-16/h1-7,14H,8-13H2,(H,22,29). The fourth-order valence-corrected chi connectivity index (χ4v) is 4.70. The first-order valence-electron chi connectivity index (χ1n) is 10.1. The Morgan fingerprint density at radius 1 is 1.03 bits per heavy atom. The molecule has 158 valence electrons. The van der Waals surface area contributed by atoms with Crippen LogP contribution < -0.4 is 10.2 Å². The first kappa shape index (κ1) is 19.6. The van der Waals surface area contributed by atoms with Gasteiger partial charge in [-0.2, -0.15) is 4.68 Å². The summed E-state index contributed by atoms with van der Waals surface area (Å²) < 4.78 is 1.71. The van der Waals surface area contributed by atoms with Crippen LogP contribution in [0.5, 0.6) is 0 Å². The second kappa shape index (κ2) is 8.38. The number of piperazine rings is 1. The van der Waals surface area contributed by atoms with Gasteiger partial charge < -0.3 is 15.1 Å². The molecule has 0 bridgehead atoms. The molecule has 0 unspecified atom stereocenters. The van der Waals surface area contributed by atoms with Gasteiger partial charge in [0.05, 0.1) is 11.4 Å². The minimum absolute atomic E-state index is 0.0133. The van der Waals surface area contributed by atoms with Crippen LogP contribution in [0.15, 0.2) is 53.4 Å². The number of nitrogens with one attached hydrogen (secondary N) is 1. The third kappa shape index (κ3) is 3.98. The summed E-state index contributed by atoms with van der Waals surface area (Å²) in [6.45, 7) is 2.41. The number of carbonyl (C=O) groups excluding carboxylic acids is 2. The molecule has 31 heavy (non-hydrogen) atoms. The molecular weight excluding hydrogens is 414 g/mol. The van der Waals surface area contributed by atoms with Gasteiger partial charge in [0.25, 0.3) is 5.91 Å². The number of hydrogen-bond acceptors (Lipinski definition) is 7. The average molecular weight is 436 g/mol. The van der Waals surface area contributed by atoms with Gasteiger partial charge >= 0.3 is 0 Å². The van der Waals surface area contributed by atoms with Crippen LogP contribution in [-0.2, 0) is 4.79 Å². The average Bonchev–Trinajstić information content (AvgIpc) is 3.22. The first-order valence-corrected chi connectivity index (χ1v) is 11.1. The molecule has 0 saturated carbocycles. The molecule has 1 fully saturated rings. The number of para-hydroxylation sites is 1. The molecule has 2 aromatic carbocycles. The fourth-order valence-electron chi connectivity index (χ4n) is 3.76. The van der Waals surface area contributed by atoms with E-state index in [0.717, 1.165) is 22.0 Å². The van der Waals surface area contributed by atoms with Gasteiger partial charge in [-0.15, -0.1) is 11.8 Å². The van der Waals surface area contributed by atoms with Crippen molar-refractivity contribution in [2.45, 2.75) is 11.3 Å². The SMILES string of the molecule is O=C1CCSc2ccc(C(=O)N3CCN(c4nnnn4-c4ccccc4)CC3)cc2N1. The maximum Gasteiger partial charge on any atom is 0.254 e. The Kier molecular flexibility index (Phi) is 5.29. The minimum Gasteiger partial charge on any atom is -0.336 e. The predicted molar refractivity (Wildman–Crippen MR) is 118 cm³/mol. The van der Waals surface area contributed by atoms with E-state index in [1.54, 1.807) is 22.5 Å². The lowest BCUT2D eigenvalue weighted by atomic mass is 10.1. The van der Waals surface area contributed by atoms with Gasteiger partial charge in [0.15, 0.2) is 0 Å². The van der Waals surface area contributed by atoms with Crippen molar-refractivity contribution in [1.29, 1.82) is 0 Å². The summed E-state index contributed by atoms with van der Waals surface area (Å²) >= 11 is 1.63. The number of benzene rings is 2. The van der Waals surface area contributed by atoms with Gasteiger partial charge in [-0.25, -0.2) is 0 Å². The van der Waals surface area contributed by atoms with Crippen molar-refractivity contribution in [3.8, 4) is 5.69 Å². The maximum absolute atomic E-state index is 13.1. The van der Waals surface area contributed by atoms with Gasteiger partial charge in [0, 0.05) is 48.8 Å². The summed E-state index contributed by atoms with van der Waals surface area (Å²) in [4.78, 5) is 29.9. The molecule has 3 heterocycles. The monoisotopic (exact) mass is 435 g/mol. The minimum atomic E-state index is -0.0337. The topological polar surface area (TPSA) is 96.2 Å². The molecule has 2 amide bonds. The Labute approximate surface area is 183 Å². The van der Waals surface area contributed by atoms with Crippen LogP contribution in [0.25, 0.3) is 5.69 Å². The van der Waals surface area contributed by atoms with E-state index in [0.29, 0.717) is 44.1 Å². The van der Waals surface area contributed by atoms with Crippen molar-refractivity contribution in [1.82, 2.24) is 25.1 Å². The second-order valence-corrected chi connectivity index (χ2v) is 8.50. The highest BCUT2D eigenvalue weighted by molar-refractivity contribution is 7.99. The molecule has 2 aliphatic heterocycles. The van der Waals surface area contributed by atoms with E-state index in [-0.39, 0.29) is 11.8 Å². The number of aromatic nitrogens is 4. The van der Waals surface area contributed by atoms with E-state index in [1.165, 1.54) is 0 Å². The third-order valence-electron chi connectivity index (χ3n) is 5.39. The van der Waals surface area contributed by atoms with Crippen LogP contribution in [0.4, 0.5) is 11.6 Å². The summed E-state index contributed by atoms with van der Waals surface area (Å²) in [6, 6.07) is 15.3. The van der Waals surface area contributed by atoms with E-state index >= 15 is 0 Å². The summed E-state index contributed by atoms with van der Waals surface area (Å²) in [5.74, 6) is 1.37. The Morgan fingerprint density at radius 3 is 2.65 bits per heavy atom. The van der Waals surface area contributed by atoms with Crippen LogP contribution in [0.2, 0.25) is 0 Å². The highest BCUT2D eigenvalue weighted by Crippen LogP contribution is 2.32. The molecule has 9 nitrogen and oxygen atoms in total. The van der Waals surface area contributed by atoms with E-state index < -0.39 is 0 Å². The predicted octanol–water partition coefficient (Wildman–Crippen LogP) is 2.06. The van der Waals surface area contributed by atoms with Crippen LogP contribution in [-0.4, -0.2) is 68.9 Å². The van der Waals surface area contributed by atoms with E-state index in [9.17, 15) is 9.59 Å². The zero-order valence-electron chi connectivity index (χ0n) is 16.8. The van der Waals surface area contributed by atoms with Crippen LogP contribution in [0.3, 0.4) is 0 Å². The zero-order chi connectivity index (χ0) is 21.2. The van der Waals surface area contributed by atoms with Gasteiger partial charge in [-0.05, 0) is 40.8 Å². The molecule has 0 radical (unpaired) electrons. The van der Waals surface area contributed by atoms with Crippen LogP contribution in [0, 0.1) is 0 Å². The van der Waals surface area contributed by atoms with Crippen molar-refractivity contribution < 1.29 is 9.59 Å². The van der Waals surface area contributed by atoms with Crippen molar-refractivity contribution in [2.24, 2.45) is 0 Å². The van der Waals surface area contributed by atoms with Gasteiger partial charge in [0.1, 0.15) is 0 Å². The third-order valence-corrected chi connectivity index (χ3v) is 6.47. The first-order chi connectivity index (χ1) is 15.2. The molecule has 3 aromatic rings. The summed E-state index contributed by atoms with van der Waals surface area (Å²) in [5, 5.41) is 15.0. The van der Waals surface area contributed by atoms with Crippen LogP contribution in [0.1, 0.15) is 16.8 Å². The van der Waals surface area contributed by atoms with E-state index in [1.807, 2.05) is 47.4 Å². The van der Waals surface area contributed by atoms with Gasteiger partial charge in [0.2, 0.25) is 11.9 Å². The Bertz CT molecular complexity index is 1110. The molecule has 2 aliphatic rings. The molecule has 1 N–H and O–H groups in total. The quantitative estimate of drug-likeness (QED) is 0.673. The van der Waals surface area contributed by atoms with Gasteiger partial charge in [-0.1, -0.05) is 23.3 Å². The number of fused-ring (bicyclic) bond motifs is 1. The highest BCUT2D eigenvalue weighted by Gasteiger charge is 2.26. The van der Waals surface area contributed by atoms with E-state index in [4.69, 9.17) is 0 Å². The summed E-state index contributed by atoms with van der Waals surface area (Å²) in [7, 11) is 0. The number of carbonyl (C=O) groups is 2. The number of anilines is 2. The van der Waals surface area contributed by atoms with E-state index in [2.05, 4.69) is 25.7 Å². The number of tetrazole rings is 1. The molecule has 0 aliphatic carbocycles. The number of amides is 2. The lowest BCUT2D eigenvalue weighted by Crippen LogP contribution is -2.49. The Balaban J connectivity index is 1.28. The molecule has 0 spiro atoms. The smallest absolute Gasteiger partial charge is 0.254 e. The molecule has 10 heteroatoms. The van der Waals surface area contributed by atoms with Crippen molar-refractivity contribution in [3.05, 3.63) is 54.1 Å². The number of thioether (sulfide) groups is 1.